The van der Waals surface area contributed by atoms with Gasteiger partial charge in [-0.3, -0.25) is 0 Å². The number of anilines is 3. The Hall–Kier alpha value is -2.81. The minimum absolute atomic E-state index is 0.0564. The average molecular weight is 400 g/mol. The zero-order valence-corrected chi connectivity index (χ0v) is 16.3. The minimum atomic E-state index is 0.0564. The van der Waals surface area contributed by atoms with Crippen LogP contribution in [0.25, 0.3) is 10.8 Å². The lowest BCUT2D eigenvalue weighted by Gasteiger charge is -2.18. The highest BCUT2D eigenvalue weighted by molar-refractivity contribution is 7.97. The van der Waals surface area contributed by atoms with E-state index in [1.165, 1.54) is 11.9 Å². The fourth-order valence-electron chi connectivity index (χ4n) is 2.49. The lowest BCUT2D eigenvalue weighted by Crippen LogP contribution is -2.22. The van der Waals surface area contributed by atoms with E-state index in [0.29, 0.717) is 18.8 Å². The van der Waals surface area contributed by atoms with E-state index in [1.54, 1.807) is 0 Å². The van der Waals surface area contributed by atoms with Gasteiger partial charge in [0, 0.05) is 45.8 Å². The van der Waals surface area contributed by atoms with Gasteiger partial charge >= 0.3 is 0 Å². The average Bonchev–Trinajstić information content (AvgIpc) is 2.71. The van der Waals surface area contributed by atoms with Crippen molar-refractivity contribution in [2.75, 3.05) is 43.4 Å². The summed E-state index contributed by atoms with van der Waals surface area (Å²) >= 11 is 1.48. The van der Waals surface area contributed by atoms with Gasteiger partial charge in [0.25, 0.3) is 0 Å². The van der Waals surface area contributed by atoms with Crippen molar-refractivity contribution in [1.29, 1.82) is 0 Å². The number of aliphatic hydroxyl groups excluding tert-OH is 1. The van der Waals surface area contributed by atoms with Crippen LogP contribution in [-0.2, 0) is 0 Å². The third kappa shape index (κ3) is 6.41. The summed E-state index contributed by atoms with van der Waals surface area (Å²) in [6, 6.07) is 19.0. The summed E-state index contributed by atoms with van der Waals surface area (Å²) in [5.74, 6) is 0. The highest BCUT2D eigenvalue weighted by Crippen LogP contribution is 2.25. The van der Waals surface area contributed by atoms with E-state index < -0.39 is 0 Å². The second kappa shape index (κ2) is 11.1. The van der Waals surface area contributed by atoms with Crippen LogP contribution in [0.15, 0.2) is 70.7 Å². The molecule has 0 saturated carbocycles. The molecule has 0 bridgehead atoms. The third-order valence-corrected chi connectivity index (χ3v) is 5.00. The molecule has 28 heavy (non-hydrogen) atoms. The van der Waals surface area contributed by atoms with Crippen molar-refractivity contribution in [3.8, 4) is 0 Å². The summed E-state index contributed by atoms with van der Waals surface area (Å²) in [6.45, 7) is 1.31. The van der Waals surface area contributed by atoms with Crippen molar-refractivity contribution in [2.24, 2.45) is 5.18 Å². The largest absolute Gasteiger partial charge is 0.399 e. The van der Waals surface area contributed by atoms with E-state index in [2.05, 4.69) is 5.18 Å². The van der Waals surface area contributed by atoms with Crippen LogP contribution in [-0.4, -0.2) is 35.7 Å². The number of rotatable bonds is 7. The van der Waals surface area contributed by atoms with Gasteiger partial charge in [0.15, 0.2) is 0 Å². The number of nitroso groups, excluding NO2 is 1. The summed E-state index contributed by atoms with van der Waals surface area (Å²) in [6.07, 6.45) is 0. The second-order valence-corrected chi connectivity index (χ2v) is 7.13. The maximum Gasteiger partial charge on any atom is 0.0947 e. The summed E-state index contributed by atoms with van der Waals surface area (Å²) in [5.41, 5.74) is 19.4. The summed E-state index contributed by atoms with van der Waals surface area (Å²) in [4.78, 5) is 11.1. The summed E-state index contributed by atoms with van der Waals surface area (Å²) in [5, 5.41) is 13.7. The lowest BCUT2D eigenvalue weighted by atomic mass is 10.1. The molecule has 0 saturated heterocycles. The molecule has 7 N–H and O–H groups in total. The Morgan fingerprint density at radius 3 is 1.93 bits per heavy atom. The molecular formula is C20H25N5O2S. The molecule has 0 radical (unpaired) electrons. The Morgan fingerprint density at radius 2 is 1.43 bits per heavy atom. The molecule has 0 aliphatic heterocycles. The first-order chi connectivity index (χ1) is 13.5. The smallest absolute Gasteiger partial charge is 0.0947 e. The fraction of sp³-hybridized carbons (Fsp3) is 0.200. The minimum Gasteiger partial charge on any atom is -0.399 e. The second-order valence-electron chi connectivity index (χ2n) is 5.96. The van der Waals surface area contributed by atoms with Crippen LogP contribution >= 0.6 is 11.9 Å². The van der Waals surface area contributed by atoms with Crippen LogP contribution in [0, 0.1) is 4.91 Å². The molecule has 0 amide bonds. The van der Waals surface area contributed by atoms with Crippen molar-refractivity contribution in [1.82, 2.24) is 4.31 Å². The van der Waals surface area contributed by atoms with Gasteiger partial charge in [-0.2, -0.15) is 4.91 Å². The van der Waals surface area contributed by atoms with Crippen LogP contribution < -0.4 is 17.2 Å². The SMILES string of the molecule is Nc1ccc(N)c2ccccc12.Nc1ccc(SN(CCO)CCN=O)cc1. The first-order valence-corrected chi connectivity index (χ1v) is 9.53. The van der Waals surface area contributed by atoms with Crippen molar-refractivity contribution >= 4 is 39.8 Å². The zero-order valence-electron chi connectivity index (χ0n) is 15.5. The summed E-state index contributed by atoms with van der Waals surface area (Å²) in [7, 11) is 0. The van der Waals surface area contributed by atoms with Gasteiger partial charge in [-0.05, 0) is 48.3 Å². The first kappa shape index (κ1) is 21.5. The molecule has 0 aliphatic rings. The predicted molar refractivity (Wildman–Crippen MR) is 119 cm³/mol. The van der Waals surface area contributed by atoms with Gasteiger partial charge in [-0.25, -0.2) is 4.31 Å². The highest BCUT2D eigenvalue weighted by atomic mass is 32.2. The Bertz CT molecular complexity index is 849. The number of hydrogen-bond donors (Lipinski definition) is 4. The number of nitrogen functional groups attached to an aromatic ring is 3. The van der Waals surface area contributed by atoms with E-state index in [0.717, 1.165) is 27.0 Å². The molecule has 3 aromatic rings. The predicted octanol–water partition coefficient (Wildman–Crippen LogP) is 3.34. The van der Waals surface area contributed by atoms with Gasteiger partial charge in [0.2, 0.25) is 0 Å². The molecule has 0 aliphatic carbocycles. The van der Waals surface area contributed by atoms with Gasteiger partial charge < -0.3 is 22.3 Å². The normalized spacial score (nSPS) is 10.5. The quantitative estimate of drug-likeness (QED) is 0.272. The monoisotopic (exact) mass is 399 g/mol. The maximum atomic E-state index is 10.0. The van der Waals surface area contributed by atoms with E-state index in [4.69, 9.17) is 22.3 Å². The van der Waals surface area contributed by atoms with Crippen molar-refractivity contribution in [2.45, 2.75) is 4.90 Å². The lowest BCUT2D eigenvalue weighted by molar-refractivity contribution is 0.263. The van der Waals surface area contributed by atoms with E-state index >= 15 is 0 Å². The van der Waals surface area contributed by atoms with E-state index in [1.807, 2.05) is 65.0 Å². The molecule has 0 atom stereocenters. The summed E-state index contributed by atoms with van der Waals surface area (Å²) < 4.78 is 1.90. The fourth-order valence-corrected chi connectivity index (χ4v) is 3.39. The number of nitrogens with two attached hydrogens (primary N) is 3. The number of fused-ring (bicyclic) bond motifs is 1. The van der Waals surface area contributed by atoms with Crippen LogP contribution in [0.5, 0.6) is 0 Å². The molecule has 148 valence electrons. The molecule has 7 nitrogen and oxygen atoms in total. The van der Waals surface area contributed by atoms with Gasteiger partial charge in [-0.15, -0.1) is 0 Å². The van der Waals surface area contributed by atoms with Crippen LogP contribution in [0.4, 0.5) is 17.1 Å². The van der Waals surface area contributed by atoms with Gasteiger partial charge in [-0.1, -0.05) is 29.4 Å². The molecule has 3 rings (SSSR count). The zero-order chi connectivity index (χ0) is 20.4. The van der Waals surface area contributed by atoms with Gasteiger partial charge in [0.1, 0.15) is 0 Å². The maximum absolute atomic E-state index is 10.0. The van der Waals surface area contributed by atoms with Crippen molar-refractivity contribution in [3.05, 3.63) is 65.6 Å². The first-order valence-electron chi connectivity index (χ1n) is 8.76. The number of nitrogens with zero attached hydrogens (tertiary/aromatic N) is 2. The highest BCUT2D eigenvalue weighted by Gasteiger charge is 2.06. The molecule has 0 spiro atoms. The molecule has 0 unspecified atom stereocenters. The number of aliphatic hydroxyl groups is 1. The van der Waals surface area contributed by atoms with Crippen LogP contribution in [0.1, 0.15) is 0 Å². The molecule has 3 aromatic carbocycles. The Balaban J connectivity index is 0.000000207. The topological polar surface area (TPSA) is 131 Å². The molecule has 8 heteroatoms. The Labute approximate surface area is 168 Å². The van der Waals surface area contributed by atoms with Crippen molar-refractivity contribution < 1.29 is 5.11 Å². The number of hydrogen-bond acceptors (Lipinski definition) is 8. The van der Waals surface area contributed by atoms with Gasteiger partial charge in [0.05, 0.1) is 13.2 Å². The molecule has 0 aromatic heterocycles. The van der Waals surface area contributed by atoms with Crippen molar-refractivity contribution in [3.63, 3.8) is 0 Å². The molecule has 0 fully saturated rings. The molecular weight excluding hydrogens is 374 g/mol. The standard InChI is InChI=1S/C10H15N3O2S.C10H10N2/c11-9-1-3-10(4-2-9)16-13(7-8-14)6-5-12-15;11-9-5-6-10(12)8-4-2-1-3-7(8)9/h1-4,14H,5-8,11H2;1-6H,11-12H2. The third-order valence-electron chi connectivity index (χ3n) is 3.90. The van der Waals surface area contributed by atoms with Crippen LogP contribution in [0.2, 0.25) is 0 Å². The number of benzene rings is 3. The Kier molecular flexibility index (Phi) is 8.54. The van der Waals surface area contributed by atoms with Crippen LogP contribution in [0.3, 0.4) is 0 Å². The van der Waals surface area contributed by atoms with E-state index in [9.17, 15) is 4.91 Å². The van der Waals surface area contributed by atoms with E-state index in [-0.39, 0.29) is 13.2 Å². The Morgan fingerprint density at radius 1 is 0.857 bits per heavy atom. The molecule has 0 heterocycles.